The van der Waals surface area contributed by atoms with Crippen LogP contribution in [0.4, 0.5) is 0 Å². The summed E-state index contributed by atoms with van der Waals surface area (Å²) >= 11 is 0. The molecule has 1 atom stereocenters. The summed E-state index contributed by atoms with van der Waals surface area (Å²) in [6, 6.07) is 0. The first-order chi connectivity index (χ1) is 6.42. The molecule has 0 saturated heterocycles. The first kappa shape index (κ1) is 8.74. The molecule has 2 aliphatic rings. The Bertz CT molecular complexity index is 260. The van der Waals surface area contributed by atoms with Crippen molar-refractivity contribution < 1.29 is 0 Å². The molecule has 1 saturated carbocycles. The highest BCUT2D eigenvalue weighted by Crippen LogP contribution is 2.39. The van der Waals surface area contributed by atoms with Crippen molar-refractivity contribution in [2.45, 2.75) is 51.4 Å². The Hall–Kier alpha value is -0.840. The van der Waals surface area contributed by atoms with Gasteiger partial charge in [-0.25, -0.2) is 0 Å². The van der Waals surface area contributed by atoms with Gasteiger partial charge in [-0.2, -0.15) is 0 Å². The van der Waals surface area contributed by atoms with E-state index >= 15 is 0 Å². The predicted molar refractivity (Wildman–Crippen MR) is 52.5 cm³/mol. The Morgan fingerprint density at radius 2 is 1.85 bits per heavy atom. The van der Waals surface area contributed by atoms with Crippen LogP contribution in [0.3, 0.4) is 0 Å². The minimum atomic E-state index is 0.752. The molecule has 0 heterocycles. The molecule has 0 bridgehead atoms. The van der Waals surface area contributed by atoms with Crippen molar-refractivity contribution in [1.82, 2.24) is 0 Å². The molecule has 2 nitrogen and oxygen atoms in total. The lowest BCUT2D eigenvalue weighted by Gasteiger charge is -2.19. The smallest absolute Gasteiger partial charge is 0.0530 e. The standard InChI is InChI=1S/C11H17N2/c12-13-11-8-4-6-9-5-2-1-3-7-10(9)11/h9H,1-8H2/q+1. The fourth-order valence-electron chi connectivity index (χ4n) is 2.75. The van der Waals surface area contributed by atoms with Crippen LogP contribution in [0.5, 0.6) is 0 Å². The van der Waals surface area contributed by atoms with Gasteiger partial charge in [-0.1, -0.05) is 12.8 Å². The Morgan fingerprint density at radius 1 is 1.00 bits per heavy atom. The molecule has 13 heavy (non-hydrogen) atoms. The van der Waals surface area contributed by atoms with Crippen LogP contribution in [0.25, 0.3) is 4.98 Å². The third kappa shape index (κ3) is 1.75. The lowest BCUT2D eigenvalue weighted by Crippen LogP contribution is -2.09. The molecule has 0 N–H and O–H groups in total. The molecule has 2 heteroatoms. The second kappa shape index (κ2) is 3.91. The van der Waals surface area contributed by atoms with Gasteiger partial charge in [0, 0.05) is 5.57 Å². The molecule has 1 unspecified atom stereocenters. The number of nitrogens with zero attached hydrogens (tertiary/aromatic N) is 2. The monoisotopic (exact) mass is 177 g/mol. The van der Waals surface area contributed by atoms with Gasteiger partial charge in [-0.15, -0.1) is 0 Å². The van der Waals surface area contributed by atoms with Gasteiger partial charge in [0.15, 0.2) is 4.98 Å². The van der Waals surface area contributed by atoms with E-state index in [0.29, 0.717) is 0 Å². The van der Waals surface area contributed by atoms with Gasteiger partial charge >= 0.3 is 5.70 Å². The summed E-state index contributed by atoms with van der Waals surface area (Å²) < 4.78 is 0. The SMILES string of the molecule is N#[N+]C1=C2CCCCCC2CCC1. The van der Waals surface area contributed by atoms with Crippen molar-refractivity contribution in [3.8, 4) is 0 Å². The van der Waals surface area contributed by atoms with Crippen LogP contribution in [0, 0.1) is 11.3 Å². The third-order valence-electron chi connectivity index (χ3n) is 3.45. The molecule has 1 fully saturated rings. The predicted octanol–water partition coefficient (Wildman–Crippen LogP) is 3.86. The molecular weight excluding hydrogens is 160 g/mol. The maximum absolute atomic E-state index is 8.89. The highest BCUT2D eigenvalue weighted by Gasteiger charge is 2.30. The van der Waals surface area contributed by atoms with Gasteiger partial charge in [-0.3, -0.25) is 0 Å². The van der Waals surface area contributed by atoms with Crippen molar-refractivity contribution in [1.29, 1.82) is 5.39 Å². The highest BCUT2D eigenvalue weighted by molar-refractivity contribution is 5.24. The summed E-state index contributed by atoms with van der Waals surface area (Å²) in [5.41, 5.74) is 2.49. The molecule has 0 aromatic heterocycles. The van der Waals surface area contributed by atoms with E-state index in [1.807, 2.05) is 0 Å². The largest absolute Gasteiger partial charge is 0.361 e. The zero-order valence-corrected chi connectivity index (χ0v) is 8.13. The number of hydrogen-bond donors (Lipinski definition) is 0. The third-order valence-corrected chi connectivity index (χ3v) is 3.45. The van der Waals surface area contributed by atoms with Crippen molar-refractivity contribution in [3.05, 3.63) is 16.2 Å². The lowest BCUT2D eigenvalue weighted by molar-refractivity contribution is 0.465. The van der Waals surface area contributed by atoms with E-state index in [1.165, 1.54) is 50.5 Å². The quantitative estimate of drug-likeness (QED) is 0.516. The number of hydrogen-bond acceptors (Lipinski definition) is 1. The zero-order valence-electron chi connectivity index (χ0n) is 8.13. The van der Waals surface area contributed by atoms with Crippen LogP contribution in [0.15, 0.2) is 11.3 Å². The Kier molecular flexibility index (Phi) is 2.63. The van der Waals surface area contributed by atoms with Crippen LogP contribution in [-0.4, -0.2) is 0 Å². The average molecular weight is 177 g/mol. The molecular formula is C11H17N2+. The van der Waals surface area contributed by atoms with E-state index in [4.69, 9.17) is 5.39 Å². The van der Waals surface area contributed by atoms with Crippen LogP contribution in [-0.2, 0) is 0 Å². The molecule has 2 rings (SSSR count). The van der Waals surface area contributed by atoms with Crippen LogP contribution in [0.2, 0.25) is 0 Å². The van der Waals surface area contributed by atoms with Crippen LogP contribution < -0.4 is 0 Å². The lowest BCUT2D eigenvalue weighted by atomic mass is 9.83. The van der Waals surface area contributed by atoms with Gasteiger partial charge in [-0.05, 0) is 38.0 Å². The number of rotatable bonds is 0. The second-order valence-electron chi connectivity index (χ2n) is 4.26. The van der Waals surface area contributed by atoms with Crippen molar-refractivity contribution in [2.24, 2.45) is 5.92 Å². The molecule has 0 spiro atoms. The molecule has 0 aliphatic heterocycles. The minimum absolute atomic E-state index is 0.752. The first-order valence-electron chi connectivity index (χ1n) is 5.49. The Balaban J connectivity index is 2.25. The average Bonchev–Trinajstić information content (AvgIpc) is 2.41. The maximum atomic E-state index is 8.89. The summed E-state index contributed by atoms with van der Waals surface area (Å²) in [5.74, 6) is 0.752. The zero-order chi connectivity index (χ0) is 9.10. The molecule has 0 amide bonds. The van der Waals surface area contributed by atoms with Crippen LogP contribution >= 0.6 is 0 Å². The van der Waals surface area contributed by atoms with Crippen molar-refractivity contribution >= 4 is 0 Å². The molecule has 0 radical (unpaired) electrons. The highest BCUT2D eigenvalue weighted by atomic mass is 14.9. The molecule has 0 aromatic rings. The van der Waals surface area contributed by atoms with E-state index in [1.54, 1.807) is 0 Å². The van der Waals surface area contributed by atoms with Gasteiger partial charge in [0.1, 0.15) is 0 Å². The van der Waals surface area contributed by atoms with Crippen molar-refractivity contribution in [2.75, 3.05) is 0 Å². The van der Waals surface area contributed by atoms with E-state index < -0.39 is 0 Å². The Morgan fingerprint density at radius 3 is 2.69 bits per heavy atom. The van der Waals surface area contributed by atoms with Gasteiger partial charge < -0.3 is 0 Å². The van der Waals surface area contributed by atoms with E-state index in [0.717, 1.165) is 18.0 Å². The van der Waals surface area contributed by atoms with E-state index in [-0.39, 0.29) is 0 Å². The second-order valence-corrected chi connectivity index (χ2v) is 4.26. The van der Waals surface area contributed by atoms with Crippen LogP contribution in [0.1, 0.15) is 51.4 Å². The number of allylic oxidation sites excluding steroid dienone is 2. The summed E-state index contributed by atoms with van der Waals surface area (Å²) in [6.07, 6.45) is 10.1. The van der Waals surface area contributed by atoms with E-state index in [9.17, 15) is 0 Å². The molecule has 0 aromatic carbocycles. The fraction of sp³-hybridized carbons (Fsp3) is 0.818. The van der Waals surface area contributed by atoms with Gasteiger partial charge in [0.2, 0.25) is 5.39 Å². The molecule has 70 valence electrons. The summed E-state index contributed by atoms with van der Waals surface area (Å²) in [4.78, 5) is 3.45. The number of fused-ring (bicyclic) bond motifs is 1. The topological polar surface area (TPSA) is 28.1 Å². The van der Waals surface area contributed by atoms with E-state index in [2.05, 4.69) is 4.98 Å². The summed E-state index contributed by atoms with van der Waals surface area (Å²) in [7, 11) is 0. The van der Waals surface area contributed by atoms with Gasteiger partial charge in [0.05, 0.1) is 6.42 Å². The fourth-order valence-corrected chi connectivity index (χ4v) is 2.75. The maximum Gasteiger partial charge on any atom is 0.361 e. The van der Waals surface area contributed by atoms with Gasteiger partial charge in [0.25, 0.3) is 0 Å². The van der Waals surface area contributed by atoms with Crippen molar-refractivity contribution in [3.63, 3.8) is 0 Å². The number of diazo groups is 1. The normalized spacial score (nSPS) is 29.0. The Labute approximate surface area is 79.6 Å². The first-order valence-corrected chi connectivity index (χ1v) is 5.49. The minimum Gasteiger partial charge on any atom is -0.0530 e. The summed E-state index contributed by atoms with van der Waals surface area (Å²) in [6.45, 7) is 0. The summed E-state index contributed by atoms with van der Waals surface area (Å²) in [5, 5.41) is 8.89. The molecule has 2 aliphatic carbocycles.